The first-order valence-electron chi connectivity index (χ1n) is 8.44. The van der Waals surface area contributed by atoms with E-state index < -0.39 is 17.6 Å². The number of anilines is 2. The second-order valence-electron chi connectivity index (χ2n) is 6.28. The molecule has 0 saturated carbocycles. The van der Waals surface area contributed by atoms with Gasteiger partial charge >= 0.3 is 0 Å². The fourth-order valence-electron chi connectivity index (χ4n) is 2.68. The number of benzene rings is 2. The minimum absolute atomic E-state index is 0.0590. The number of nitrogens with zero attached hydrogens (tertiary/aromatic N) is 1. The van der Waals surface area contributed by atoms with Crippen molar-refractivity contribution in [2.45, 2.75) is 13.8 Å². The molecule has 0 radical (unpaired) electrons. The lowest BCUT2D eigenvalue weighted by Gasteiger charge is -2.12. The number of carbonyl (C=O) groups excluding carboxylic acids is 2. The van der Waals surface area contributed by atoms with E-state index in [0.29, 0.717) is 16.4 Å². The van der Waals surface area contributed by atoms with Gasteiger partial charge in [-0.05, 0) is 67.4 Å². The molecule has 0 saturated heterocycles. The number of pyridine rings is 1. The summed E-state index contributed by atoms with van der Waals surface area (Å²) in [7, 11) is 0. The number of nitrogens with one attached hydrogen (secondary N) is 2. The first-order chi connectivity index (χ1) is 13.3. The van der Waals surface area contributed by atoms with E-state index in [1.807, 2.05) is 19.9 Å². The highest BCUT2D eigenvalue weighted by molar-refractivity contribution is 6.34. The van der Waals surface area contributed by atoms with Gasteiger partial charge in [0, 0.05) is 17.4 Å². The smallest absolute Gasteiger partial charge is 0.274 e. The van der Waals surface area contributed by atoms with Crippen LogP contribution in [0.5, 0.6) is 0 Å². The molecule has 28 heavy (non-hydrogen) atoms. The fourth-order valence-corrected chi connectivity index (χ4v) is 3.05. The van der Waals surface area contributed by atoms with Gasteiger partial charge in [-0.2, -0.15) is 0 Å². The summed E-state index contributed by atoms with van der Waals surface area (Å²) in [6.45, 7) is 3.77. The van der Waals surface area contributed by atoms with Crippen LogP contribution in [-0.4, -0.2) is 16.8 Å². The van der Waals surface area contributed by atoms with E-state index in [1.165, 1.54) is 42.6 Å². The molecule has 3 rings (SSSR count). The van der Waals surface area contributed by atoms with Crippen molar-refractivity contribution >= 4 is 34.8 Å². The largest absolute Gasteiger partial charge is 0.321 e. The van der Waals surface area contributed by atoms with E-state index >= 15 is 0 Å². The van der Waals surface area contributed by atoms with E-state index in [-0.39, 0.29) is 11.3 Å². The van der Waals surface area contributed by atoms with Crippen molar-refractivity contribution < 1.29 is 14.0 Å². The molecular weight excluding hydrogens is 381 g/mol. The first kappa shape index (κ1) is 19.5. The average Bonchev–Trinajstić information content (AvgIpc) is 2.66. The Morgan fingerprint density at radius 1 is 0.964 bits per heavy atom. The highest BCUT2D eigenvalue weighted by Crippen LogP contribution is 2.27. The maximum absolute atomic E-state index is 13.0. The van der Waals surface area contributed by atoms with Crippen LogP contribution in [0.4, 0.5) is 15.8 Å². The Morgan fingerprint density at radius 2 is 1.68 bits per heavy atom. The van der Waals surface area contributed by atoms with E-state index in [2.05, 4.69) is 15.6 Å². The summed E-state index contributed by atoms with van der Waals surface area (Å²) in [5.74, 6) is -1.32. The molecule has 3 aromatic rings. The number of rotatable bonds is 4. The van der Waals surface area contributed by atoms with Gasteiger partial charge in [-0.1, -0.05) is 17.7 Å². The van der Waals surface area contributed by atoms with Crippen molar-refractivity contribution in [1.29, 1.82) is 0 Å². The standard InChI is InChI=1S/C21H17ClFN3O2/c1-12-9-13(2)19(17(22)10-12)26-20(27)14-7-8-24-18(11-14)21(28)25-16-5-3-15(23)4-6-16/h3-11H,1-2H3,(H,25,28)(H,26,27). The summed E-state index contributed by atoms with van der Waals surface area (Å²) in [6.07, 6.45) is 1.37. The zero-order valence-electron chi connectivity index (χ0n) is 15.2. The van der Waals surface area contributed by atoms with Gasteiger partial charge in [-0.3, -0.25) is 14.6 Å². The monoisotopic (exact) mass is 397 g/mol. The summed E-state index contributed by atoms with van der Waals surface area (Å²) < 4.78 is 13.0. The molecule has 0 atom stereocenters. The van der Waals surface area contributed by atoms with E-state index in [9.17, 15) is 14.0 Å². The lowest BCUT2D eigenvalue weighted by atomic mass is 10.1. The number of aryl methyl sites for hydroxylation is 2. The number of carbonyl (C=O) groups is 2. The van der Waals surface area contributed by atoms with E-state index in [1.54, 1.807) is 6.07 Å². The average molecular weight is 398 g/mol. The molecule has 0 aliphatic rings. The van der Waals surface area contributed by atoms with Crippen LogP contribution in [0.2, 0.25) is 5.02 Å². The number of aromatic nitrogens is 1. The Balaban J connectivity index is 1.78. The van der Waals surface area contributed by atoms with Crippen molar-refractivity contribution in [2.75, 3.05) is 10.6 Å². The summed E-state index contributed by atoms with van der Waals surface area (Å²) in [6, 6.07) is 11.9. The van der Waals surface area contributed by atoms with Crippen LogP contribution in [-0.2, 0) is 0 Å². The number of hydrogen-bond acceptors (Lipinski definition) is 3. The zero-order chi connectivity index (χ0) is 20.3. The van der Waals surface area contributed by atoms with Gasteiger partial charge in [0.05, 0.1) is 10.7 Å². The third-order valence-electron chi connectivity index (χ3n) is 4.03. The molecule has 2 aromatic carbocycles. The third kappa shape index (κ3) is 4.53. The van der Waals surface area contributed by atoms with Crippen molar-refractivity contribution in [3.8, 4) is 0 Å². The predicted octanol–water partition coefficient (Wildman–Crippen LogP) is 5.00. The van der Waals surface area contributed by atoms with Crippen LogP contribution >= 0.6 is 11.6 Å². The lowest BCUT2D eigenvalue weighted by Crippen LogP contribution is -2.17. The Morgan fingerprint density at radius 3 is 2.36 bits per heavy atom. The molecule has 7 heteroatoms. The summed E-state index contributed by atoms with van der Waals surface area (Å²) in [4.78, 5) is 29.0. The molecule has 0 spiro atoms. The third-order valence-corrected chi connectivity index (χ3v) is 4.33. The number of amides is 2. The second kappa shape index (κ2) is 8.19. The van der Waals surface area contributed by atoms with Crippen LogP contribution in [0, 0.1) is 19.7 Å². The molecule has 2 amide bonds. The Labute approximate surface area is 166 Å². The number of halogens is 2. The molecule has 1 aromatic heterocycles. The van der Waals surface area contributed by atoms with Crippen LogP contribution < -0.4 is 10.6 Å². The SMILES string of the molecule is Cc1cc(C)c(NC(=O)c2ccnc(C(=O)Nc3ccc(F)cc3)c2)c(Cl)c1. The molecule has 0 aliphatic carbocycles. The lowest BCUT2D eigenvalue weighted by molar-refractivity contribution is 0.102. The van der Waals surface area contributed by atoms with Gasteiger partial charge in [-0.15, -0.1) is 0 Å². The van der Waals surface area contributed by atoms with E-state index in [0.717, 1.165) is 11.1 Å². The quantitative estimate of drug-likeness (QED) is 0.651. The van der Waals surface area contributed by atoms with Gasteiger partial charge in [0.25, 0.3) is 11.8 Å². The van der Waals surface area contributed by atoms with Crippen molar-refractivity contribution in [3.05, 3.63) is 88.0 Å². The Hall–Kier alpha value is -3.25. The molecule has 0 unspecified atom stereocenters. The molecule has 1 heterocycles. The van der Waals surface area contributed by atoms with Crippen molar-refractivity contribution in [3.63, 3.8) is 0 Å². The second-order valence-corrected chi connectivity index (χ2v) is 6.69. The zero-order valence-corrected chi connectivity index (χ0v) is 16.0. The number of hydrogen-bond donors (Lipinski definition) is 2. The summed E-state index contributed by atoms with van der Waals surface area (Å²) in [5.41, 5.74) is 3.08. The van der Waals surface area contributed by atoms with E-state index in [4.69, 9.17) is 11.6 Å². The Kier molecular flexibility index (Phi) is 5.70. The van der Waals surface area contributed by atoms with Gasteiger partial charge in [0.1, 0.15) is 11.5 Å². The Bertz CT molecular complexity index is 1030. The molecule has 2 N–H and O–H groups in total. The highest BCUT2D eigenvalue weighted by Gasteiger charge is 2.15. The molecule has 0 aliphatic heterocycles. The molecule has 0 fully saturated rings. The molecule has 5 nitrogen and oxygen atoms in total. The molecule has 0 bridgehead atoms. The highest BCUT2D eigenvalue weighted by atomic mass is 35.5. The normalized spacial score (nSPS) is 10.4. The minimum Gasteiger partial charge on any atom is -0.321 e. The minimum atomic E-state index is -0.509. The van der Waals surface area contributed by atoms with Gasteiger partial charge in [-0.25, -0.2) is 4.39 Å². The van der Waals surface area contributed by atoms with Crippen LogP contribution in [0.25, 0.3) is 0 Å². The van der Waals surface area contributed by atoms with Crippen molar-refractivity contribution in [2.24, 2.45) is 0 Å². The molecular formula is C21H17ClFN3O2. The van der Waals surface area contributed by atoms with Gasteiger partial charge in [0.2, 0.25) is 0 Å². The topological polar surface area (TPSA) is 71.1 Å². The van der Waals surface area contributed by atoms with Crippen LogP contribution in [0.1, 0.15) is 32.0 Å². The fraction of sp³-hybridized carbons (Fsp3) is 0.0952. The predicted molar refractivity (Wildman–Crippen MR) is 107 cm³/mol. The maximum Gasteiger partial charge on any atom is 0.274 e. The first-order valence-corrected chi connectivity index (χ1v) is 8.82. The van der Waals surface area contributed by atoms with Crippen LogP contribution in [0.3, 0.4) is 0 Å². The summed E-state index contributed by atoms with van der Waals surface area (Å²) in [5, 5.41) is 5.82. The van der Waals surface area contributed by atoms with Crippen molar-refractivity contribution in [1.82, 2.24) is 4.98 Å². The maximum atomic E-state index is 13.0. The summed E-state index contributed by atoms with van der Waals surface area (Å²) >= 11 is 6.23. The van der Waals surface area contributed by atoms with Crippen LogP contribution in [0.15, 0.2) is 54.7 Å². The van der Waals surface area contributed by atoms with Gasteiger partial charge < -0.3 is 10.6 Å². The van der Waals surface area contributed by atoms with Gasteiger partial charge in [0.15, 0.2) is 0 Å². The molecule has 142 valence electrons.